The van der Waals surface area contributed by atoms with Crippen molar-refractivity contribution in [2.24, 2.45) is 0 Å². The third-order valence-corrected chi connectivity index (χ3v) is 6.53. The van der Waals surface area contributed by atoms with Gasteiger partial charge in [0.25, 0.3) is 0 Å². The lowest BCUT2D eigenvalue weighted by Crippen LogP contribution is -2.13. The van der Waals surface area contributed by atoms with Crippen molar-refractivity contribution in [3.8, 4) is 0 Å². The van der Waals surface area contributed by atoms with Gasteiger partial charge in [0, 0.05) is 11.1 Å². The van der Waals surface area contributed by atoms with Crippen LogP contribution in [0.4, 0.5) is 5.00 Å². The zero-order chi connectivity index (χ0) is 17.8. The molecule has 4 nitrogen and oxygen atoms in total. The lowest BCUT2D eigenvalue weighted by Gasteiger charge is -2.05. The lowest BCUT2D eigenvalue weighted by atomic mass is 10.1. The van der Waals surface area contributed by atoms with E-state index in [4.69, 9.17) is 0 Å². The zero-order valence-corrected chi connectivity index (χ0v) is 16.8. The van der Waals surface area contributed by atoms with Crippen LogP contribution in [0.5, 0.6) is 0 Å². The minimum atomic E-state index is -0.0555. The third-order valence-electron chi connectivity index (χ3n) is 3.62. The van der Waals surface area contributed by atoms with Gasteiger partial charge in [-0.1, -0.05) is 35.5 Å². The summed E-state index contributed by atoms with van der Waals surface area (Å²) in [6, 6.07) is 8.38. The zero-order valence-electron chi connectivity index (χ0n) is 14.3. The Balaban J connectivity index is 1.55. The SMILES string of the molecule is Cc1ccc(C)c(CSc2nc(CC(=O)Nc3cc(C)ns3)cs2)c1. The summed E-state index contributed by atoms with van der Waals surface area (Å²) >= 11 is 4.61. The standard InChI is InChI=1S/C18H19N3OS3/c1-11-4-5-12(2)14(6-11)9-23-18-19-15(10-24-18)8-16(22)20-17-7-13(3)21-25-17/h4-7,10H,8-9H2,1-3H3,(H,20,22). The van der Waals surface area contributed by atoms with Crippen LogP contribution >= 0.6 is 34.6 Å². The van der Waals surface area contributed by atoms with Gasteiger partial charge in [0.2, 0.25) is 5.91 Å². The van der Waals surface area contributed by atoms with E-state index in [1.807, 2.05) is 18.4 Å². The number of nitrogens with one attached hydrogen (secondary N) is 1. The van der Waals surface area contributed by atoms with Gasteiger partial charge in [-0.3, -0.25) is 4.79 Å². The number of thioether (sulfide) groups is 1. The van der Waals surface area contributed by atoms with Gasteiger partial charge in [-0.05, 0) is 49.5 Å². The first-order chi connectivity index (χ1) is 12.0. The first-order valence-corrected chi connectivity index (χ1v) is 10.5. The van der Waals surface area contributed by atoms with Crippen molar-refractivity contribution in [2.75, 3.05) is 5.32 Å². The van der Waals surface area contributed by atoms with Crippen molar-refractivity contribution in [3.05, 3.63) is 57.7 Å². The average molecular weight is 390 g/mol. The summed E-state index contributed by atoms with van der Waals surface area (Å²) < 4.78 is 5.15. The molecule has 0 spiro atoms. The molecule has 1 amide bonds. The minimum Gasteiger partial charge on any atom is -0.316 e. The molecule has 130 valence electrons. The Kier molecular flexibility index (Phi) is 5.88. The average Bonchev–Trinajstić information content (AvgIpc) is 3.17. The number of nitrogens with zero attached hydrogens (tertiary/aromatic N) is 2. The first-order valence-electron chi connectivity index (χ1n) is 7.86. The van der Waals surface area contributed by atoms with Gasteiger partial charge in [-0.25, -0.2) is 4.98 Å². The molecule has 1 aromatic carbocycles. The maximum absolute atomic E-state index is 12.1. The van der Waals surface area contributed by atoms with Crippen molar-refractivity contribution in [3.63, 3.8) is 0 Å². The Labute approximate surface area is 159 Å². The molecule has 0 unspecified atom stereocenters. The summed E-state index contributed by atoms with van der Waals surface area (Å²) in [7, 11) is 0. The number of amides is 1. The summed E-state index contributed by atoms with van der Waals surface area (Å²) in [5.41, 5.74) is 5.64. The van der Waals surface area contributed by atoms with Gasteiger partial charge in [-0.2, -0.15) is 4.37 Å². The van der Waals surface area contributed by atoms with Crippen LogP contribution in [0.1, 0.15) is 28.1 Å². The second-order valence-electron chi connectivity index (χ2n) is 5.88. The first kappa shape index (κ1) is 18.1. The van der Waals surface area contributed by atoms with Crippen molar-refractivity contribution in [2.45, 2.75) is 37.3 Å². The topological polar surface area (TPSA) is 54.9 Å². The monoisotopic (exact) mass is 389 g/mol. The Morgan fingerprint density at radius 3 is 2.84 bits per heavy atom. The number of benzene rings is 1. The molecule has 7 heteroatoms. The number of rotatable bonds is 6. The highest BCUT2D eigenvalue weighted by Crippen LogP contribution is 2.28. The van der Waals surface area contributed by atoms with Gasteiger partial charge in [0.1, 0.15) is 9.34 Å². The molecule has 0 bridgehead atoms. The smallest absolute Gasteiger partial charge is 0.231 e. The lowest BCUT2D eigenvalue weighted by molar-refractivity contribution is -0.115. The van der Waals surface area contributed by atoms with Gasteiger partial charge in [0.05, 0.1) is 17.8 Å². The summed E-state index contributed by atoms with van der Waals surface area (Å²) in [4.78, 5) is 16.7. The molecule has 0 saturated heterocycles. The van der Waals surface area contributed by atoms with Crippen molar-refractivity contribution >= 4 is 45.5 Å². The Morgan fingerprint density at radius 2 is 2.08 bits per heavy atom. The van der Waals surface area contributed by atoms with Crippen LogP contribution in [0.3, 0.4) is 0 Å². The van der Waals surface area contributed by atoms with Crippen LogP contribution < -0.4 is 5.32 Å². The number of carbonyl (C=O) groups excluding carboxylic acids is 1. The Hall–Kier alpha value is -1.70. The molecule has 0 saturated carbocycles. The van der Waals surface area contributed by atoms with Crippen LogP contribution in [-0.4, -0.2) is 15.3 Å². The highest BCUT2D eigenvalue weighted by Gasteiger charge is 2.10. The van der Waals surface area contributed by atoms with Crippen LogP contribution in [0.2, 0.25) is 0 Å². The van der Waals surface area contributed by atoms with Gasteiger partial charge < -0.3 is 5.32 Å². The Bertz CT molecular complexity index is 885. The fraction of sp³-hybridized carbons (Fsp3) is 0.278. The van der Waals surface area contributed by atoms with Crippen molar-refractivity contribution in [1.82, 2.24) is 9.36 Å². The van der Waals surface area contributed by atoms with Gasteiger partial charge in [0.15, 0.2) is 0 Å². The highest BCUT2D eigenvalue weighted by atomic mass is 32.2. The molecule has 3 aromatic rings. The Morgan fingerprint density at radius 1 is 1.24 bits per heavy atom. The molecule has 1 N–H and O–H groups in total. The van der Waals surface area contributed by atoms with Gasteiger partial charge in [-0.15, -0.1) is 11.3 Å². The number of aromatic nitrogens is 2. The molecule has 0 radical (unpaired) electrons. The molecule has 0 aliphatic heterocycles. The molecular formula is C18H19N3OS3. The van der Waals surface area contributed by atoms with Crippen LogP contribution in [-0.2, 0) is 17.0 Å². The van der Waals surface area contributed by atoms with Crippen molar-refractivity contribution in [1.29, 1.82) is 0 Å². The molecule has 0 fully saturated rings. The number of hydrogen-bond donors (Lipinski definition) is 1. The molecule has 2 heterocycles. The largest absolute Gasteiger partial charge is 0.316 e. The number of aryl methyl sites for hydroxylation is 3. The van der Waals surface area contributed by atoms with E-state index in [0.717, 1.165) is 26.5 Å². The fourth-order valence-corrected chi connectivity index (χ4v) is 4.89. The minimum absolute atomic E-state index is 0.0555. The molecular weight excluding hydrogens is 370 g/mol. The maximum atomic E-state index is 12.1. The molecule has 3 rings (SSSR count). The molecule has 2 aromatic heterocycles. The summed E-state index contributed by atoms with van der Waals surface area (Å²) in [6.07, 6.45) is 0.289. The fourth-order valence-electron chi connectivity index (χ4n) is 2.30. The van der Waals surface area contributed by atoms with E-state index in [1.165, 1.54) is 28.2 Å². The van der Waals surface area contributed by atoms with Crippen LogP contribution in [0.15, 0.2) is 34.0 Å². The molecule has 0 aliphatic rings. The van der Waals surface area contributed by atoms with E-state index in [-0.39, 0.29) is 12.3 Å². The number of hydrogen-bond acceptors (Lipinski definition) is 6. The number of carbonyl (C=O) groups is 1. The van der Waals surface area contributed by atoms with E-state index in [9.17, 15) is 4.79 Å². The number of anilines is 1. The van der Waals surface area contributed by atoms with E-state index in [1.54, 1.807) is 23.1 Å². The predicted octanol–water partition coefficient (Wildman–Crippen LogP) is 5.00. The summed E-state index contributed by atoms with van der Waals surface area (Å²) in [5.74, 6) is 0.840. The maximum Gasteiger partial charge on any atom is 0.231 e. The predicted molar refractivity (Wildman–Crippen MR) is 107 cm³/mol. The van der Waals surface area contributed by atoms with E-state index in [0.29, 0.717) is 0 Å². The highest BCUT2D eigenvalue weighted by molar-refractivity contribution is 8.00. The third kappa shape index (κ3) is 5.14. The quantitative estimate of drug-likeness (QED) is 0.603. The van der Waals surface area contributed by atoms with E-state index in [2.05, 4.69) is 46.7 Å². The van der Waals surface area contributed by atoms with E-state index < -0.39 is 0 Å². The molecule has 0 atom stereocenters. The summed E-state index contributed by atoms with van der Waals surface area (Å²) in [5, 5.41) is 5.61. The van der Waals surface area contributed by atoms with E-state index >= 15 is 0 Å². The van der Waals surface area contributed by atoms with Gasteiger partial charge >= 0.3 is 0 Å². The normalized spacial score (nSPS) is 10.8. The molecule has 0 aliphatic carbocycles. The second-order valence-corrected chi connectivity index (χ2v) is 8.77. The van der Waals surface area contributed by atoms with Crippen LogP contribution in [0.25, 0.3) is 0 Å². The summed E-state index contributed by atoms with van der Waals surface area (Å²) in [6.45, 7) is 6.15. The van der Waals surface area contributed by atoms with Crippen LogP contribution in [0, 0.1) is 20.8 Å². The second kappa shape index (κ2) is 8.12. The van der Waals surface area contributed by atoms with Crippen molar-refractivity contribution < 1.29 is 4.79 Å². The number of thiazole rings is 1. The molecule has 25 heavy (non-hydrogen) atoms.